The summed E-state index contributed by atoms with van der Waals surface area (Å²) in [6.45, 7) is 0.991. The largest absolute Gasteiger partial charge is 0.355 e. The van der Waals surface area contributed by atoms with E-state index in [1.807, 2.05) is 30.6 Å². The van der Waals surface area contributed by atoms with Gasteiger partial charge in [0, 0.05) is 34.5 Å². The summed E-state index contributed by atoms with van der Waals surface area (Å²) >= 11 is 4.00. The zero-order valence-electron chi connectivity index (χ0n) is 14.5. The molecular weight excluding hydrogens is 449 g/mol. The summed E-state index contributed by atoms with van der Waals surface area (Å²) in [6.07, 6.45) is 8.63. The fourth-order valence-corrected chi connectivity index (χ4v) is 5.15. The molecule has 0 aliphatic heterocycles. The second-order valence-electron chi connectivity index (χ2n) is 6.54. The Kier molecular flexibility index (Phi) is 8.07. The maximum Gasteiger partial charge on any atom is 0.191 e. The first-order chi connectivity index (χ1) is 11.2. The Hall–Kier alpha value is -0.0800. The molecule has 2 saturated carbocycles. The molecule has 0 saturated heterocycles. The number of hydrogen-bond donors (Lipinski definition) is 2. The number of benzene rings is 1. The Bertz CT molecular complexity index is 534. The lowest BCUT2D eigenvalue weighted by Crippen LogP contribution is -2.45. The van der Waals surface area contributed by atoms with Crippen molar-refractivity contribution in [3.63, 3.8) is 0 Å². The summed E-state index contributed by atoms with van der Waals surface area (Å²) in [4.78, 5) is 5.79. The highest BCUT2D eigenvalue weighted by atomic mass is 127. The van der Waals surface area contributed by atoms with Crippen LogP contribution in [0.4, 0.5) is 0 Å². The normalized spacial score (nSPS) is 25.0. The molecule has 0 radical (unpaired) electrons. The molecule has 2 fully saturated rings. The van der Waals surface area contributed by atoms with Crippen LogP contribution in [0.1, 0.15) is 32.1 Å². The van der Waals surface area contributed by atoms with E-state index in [0.717, 1.165) is 17.8 Å². The number of nitrogens with one attached hydrogen (secondary N) is 2. The zero-order chi connectivity index (χ0) is 16.1. The molecule has 0 spiro atoms. The molecule has 134 valence electrons. The van der Waals surface area contributed by atoms with Gasteiger partial charge in [0.2, 0.25) is 0 Å². The molecule has 2 aliphatic carbocycles. The van der Waals surface area contributed by atoms with Gasteiger partial charge in [-0.1, -0.05) is 18.2 Å². The Morgan fingerprint density at radius 1 is 1.25 bits per heavy atom. The van der Waals surface area contributed by atoms with Crippen LogP contribution in [0.25, 0.3) is 0 Å². The monoisotopic (exact) mass is 477 g/mol. The van der Waals surface area contributed by atoms with Gasteiger partial charge in [-0.25, -0.2) is 0 Å². The highest BCUT2D eigenvalue weighted by Crippen LogP contribution is 2.51. The molecule has 0 heterocycles. The second kappa shape index (κ2) is 9.57. The molecule has 1 aromatic rings. The van der Waals surface area contributed by atoms with Crippen LogP contribution in [0.5, 0.6) is 0 Å². The van der Waals surface area contributed by atoms with Crippen LogP contribution in [0, 0.1) is 0 Å². The quantitative estimate of drug-likeness (QED) is 0.362. The summed E-state index contributed by atoms with van der Waals surface area (Å²) in [7, 11) is 1.88. The van der Waals surface area contributed by atoms with Gasteiger partial charge in [0.05, 0.1) is 0 Å². The topological polar surface area (TPSA) is 36.4 Å². The van der Waals surface area contributed by atoms with E-state index in [4.69, 9.17) is 0 Å². The predicted octanol–water partition coefficient (Wildman–Crippen LogP) is 4.38. The van der Waals surface area contributed by atoms with E-state index in [-0.39, 0.29) is 24.0 Å². The predicted molar refractivity (Wildman–Crippen MR) is 119 cm³/mol. The maximum absolute atomic E-state index is 4.42. The van der Waals surface area contributed by atoms with Crippen molar-refractivity contribution in [2.45, 2.75) is 53.0 Å². The van der Waals surface area contributed by atoms with Gasteiger partial charge in [-0.3, -0.25) is 4.99 Å². The molecule has 3 rings (SSSR count). The van der Waals surface area contributed by atoms with Crippen LogP contribution in [0.3, 0.4) is 0 Å². The third kappa shape index (κ3) is 5.73. The van der Waals surface area contributed by atoms with Gasteiger partial charge in [0.15, 0.2) is 5.96 Å². The molecule has 1 aromatic carbocycles. The van der Waals surface area contributed by atoms with Gasteiger partial charge in [-0.05, 0) is 50.5 Å². The summed E-state index contributed by atoms with van der Waals surface area (Å²) in [6, 6.07) is 11.3. The van der Waals surface area contributed by atoms with Crippen LogP contribution in [0.2, 0.25) is 0 Å². The van der Waals surface area contributed by atoms with Gasteiger partial charge < -0.3 is 10.6 Å². The average molecular weight is 477 g/mol. The number of hydrogen-bond acceptors (Lipinski definition) is 3. The first kappa shape index (κ1) is 20.2. The minimum Gasteiger partial charge on any atom is -0.355 e. The van der Waals surface area contributed by atoms with Crippen LogP contribution >= 0.6 is 47.5 Å². The lowest BCUT2D eigenvalue weighted by atomic mass is 10.2. The van der Waals surface area contributed by atoms with Crippen molar-refractivity contribution in [3.05, 3.63) is 30.3 Å². The molecule has 3 nitrogen and oxygen atoms in total. The van der Waals surface area contributed by atoms with E-state index in [2.05, 4.69) is 52.2 Å². The first-order valence-electron chi connectivity index (χ1n) is 8.47. The molecule has 24 heavy (non-hydrogen) atoms. The molecule has 0 amide bonds. The third-order valence-electron chi connectivity index (χ3n) is 4.75. The maximum atomic E-state index is 4.42. The number of halogens is 1. The molecule has 2 atom stereocenters. The van der Waals surface area contributed by atoms with Crippen molar-refractivity contribution in [3.8, 4) is 0 Å². The average Bonchev–Trinajstić information content (AvgIpc) is 3.19. The van der Waals surface area contributed by atoms with Crippen molar-refractivity contribution >= 4 is 53.5 Å². The van der Waals surface area contributed by atoms with Crippen molar-refractivity contribution in [1.29, 1.82) is 0 Å². The van der Waals surface area contributed by atoms with Gasteiger partial charge in [0.25, 0.3) is 0 Å². The smallest absolute Gasteiger partial charge is 0.191 e. The van der Waals surface area contributed by atoms with E-state index < -0.39 is 0 Å². The summed E-state index contributed by atoms with van der Waals surface area (Å²) < 4.78 is 0.358. The minimum absolute atomic E-state index is 0. The fraction of sp³-hybridized carbons (Fsp3) is 0.611. The molecule has 2 unspecified atom stereocenters. The Morgan fingerprint density at radius 3 is 2.58 bits per heavy atom. The van der Waals surface area contributed by atoms with E-state index in [0.29, 0.717) is 10.8 Å². The van der Waals surface area contributed by atoms with Crippen molar-refractivity contribution in [1.82, 2.24) is 10.6 Å². The molecule has 0 bridgehead atoms. The fourth-order valence-electron chi connectivity index (χ4n) is 3.11. The van der Waals surface area contributed by atoms with Crippen LogP contribution in [0.15, 0.2) is 40.2 Å². The third-order valence-corrected chi connectivity index (χ3v) is 7.33. The van der Waals surface area contributed by atoms with Crippen molar-refractivity contribution in [2.24, 2.45) is 4.99 Å². The first-order valence-corrected chi connectivity index (χ1v) is 10.6. The molecular formula is C18H28IN3S2. The van der Waals surface area contributed by atoms with Gasteiger partial charge in [-0.15, -0.1) is 35.7 Å². The number of nitrogens with zero attached hydrogens (tertiary/aromatic N) is 1. The second-order valence-corrected chi connectivity index (χ2v) is 9.22. The van der Waals surface area contributed by atoms with E-state index in [1.54, 1.807) is 0 Å². The summed E-state index contributed by atoms with van der Waals surface area (Å²) in [5.41, 5.74) is 0. The SMILES string of the molecule is CN=C(NCC1(Sc2ccccc2)CC1)NC1CCC(SC)C1.I. The van der Waals surface area contributed by atoms with E-state index in [1.165, 1.54) is 37.0 Å². The van der Waals surface area contributed by atoms with Crippen LogP contribution in [-0.2, 0) is 0 Å². The number of aliphatic imine (C=N–C) groups is 1. The Labute approximate surface area is 171 Å². The zero-order valence-corrected chi connectivity index (χ0v) is 18.4. The van der Waals surface area contributed by atoms with Gasteiger partial charge in [-0.2, -0.15) is 11.8 Å². The van der Waals surface area contributed by atoms with Crippen LogP contribution in [-0.4, -0.2) is 41.8 Å². The molecule has 2 aliphatic rings. The highest BCUT2D eigenvalue weighted by molar-refractivity contribution is 14.0. The molecule has 0 aromatic heterocycles. The van der Waals surface area contributed by atoms with Crippen LogP contribution < -0.4 is 10.6 Å². The van der Waals surface area contributed by atoms with Crippen molar-refractivity contribution in [2.75, 3.05) is 19.8 Å². The van der Waals surface area contributed by atoms with E-state index >= 15 is 0 Å². The highest BCUT2D eigenvalue weighted by Gasteiger charge is 2.43. The number of rotatable bonds is 6. The minimum atomic E-state index is 0. The number of guanidine groups is 1. The number of thioether (sulfide) groups is 2. The Balaban J connectivity index is 0.00000208. The molecule has 6 heteroatoms. The standard InChI is InChI=1S/C18H27N3S2.HI/c1-19-17(21-14-8-9-16(12-14)22-2)20-13-18(10-11-18)23-15-6-4-3-5-7-15;/h3-7,14,16H,8-13H2,1-2H3,(H2,19,20,21);1H. The van der Waals surface area contributed by atoms with Gasteiger partial charge in [0.1, 0.15) is 0 Å². The Morgan fingerprint density at radius 2 is 2.00 bits per heavy atom. The molecule has 2 N–H and O–H groups in total. The van der Waals surface area contributed by atoms with E-state index in [9.17, 15) is 0 Å². The lowest BCUT2D eigenvalue weighted by molar-refractivity contribution is 0.612. The summed E-state index contributed by atoms with van der Waals surface area (Å²) in [5, 5.41) is 7.99. The van der Waals surface area contributed by atoms with Crippen molar-refractivity contribution < 1.29 is 0 Å². The van der Waals surface area contributed by atoms with Gasteiger partial charge >= 0.3 is 0 Å². The lowest BCUT2D eigenvalue weighted by Gasteiger charge is -2.21. The summed E-state index contributed by atoms with van der Waals surface area (Å²) in [5.74, 6) is 0.969.